The first-order chi connectivity index (χ1) is 14.0. The number of amides is 1. The number of fused-ring (bicyclic) bond motifs is 1. The van der Waals surface area contributed by atoms with Crippen molar-refractivity contribution in [2.45, 2.75) is 13.0 Å². The number of nitrogens with zero attached hydrogens (tertiary/aromatic N) is 2. The van der Waals surface area contributed by atoms with E-state index in [1.807, 2.05) is 31.2 Å². The number of rotatable bonds is 8. The Labute approximate surface area is 167 Å². The number of non-ortho nitro benzene ring substituents is 1. The van der Waals surface area contributed by atoms with Crippen LogP contribution in [0.25, 0.3) is 0 Å². The molecule has 0 aromatic heterocycles. The van der Waals surface area contributed by atoms with Crippen LogP contribution >= 0.6 is 0 Å². The highest BCUT2D eigenvalue weighted by molar-refractivity contribution is 5.78. The van der Waals surface area contributed by atoms with Crippen LogP contribution in [-0.2, 0) is 4.79 Å². The van der Waals surface area contributed by atoms with Crippen molar-refractivity contribution in [3.05, 3.63) is 52.6 Å². The van der Waals surface area contributed by atoms with Crippen molar-refractivity contribution in [2.24, 2.45) is 0 Å². The SMILES string of the molecule is CCN(C[C@H]1COc2ccccc2O1)C(=O)COc1cc([N+](=O)[O-])ccc1OC. The van der Waals surface area contributed by atoms with Crippen LogP contribution in [0, 0.1) is 10.1 Å². The summed E-state index contributed by atoms with van der Waals surface area (Å²) < 4.78 is 22.2. The number of carbonyl (C=O) groups is 1. The molecular weight excluding hydrogens is 380 g/mol. The Morgan fingerprint density at radius 1 is 1.24 bits per heavy atom. The summed E-state index contributed by atoms with van der Waals surface area (Å²) in [5, 5.41) is 11.0. The van der Waals surface area contributed by atoms with E-state index in [4.69, 9.17) is 18.9 Å². The molecule has 1 aliphatic heterocycles. The van der Waals surface area contributed by atoms with E-state index in [1.165, 1.54) is 25.3 Å². The second-order valence-electron chi connectivity index (χ2n) is 6.31. The van der Waals surface area contributed by atoms with Crippen molar-refractivity contribution in [2.75, 3.05) is 33.4 Å². The fourth-order valence-corrected chi connectivity index (χ4v) is 2.93. The normalized spacial score (nSPS) is 14.8. The molecule has 0 spiro atoms. The van der Waals surface area contributed by atoms with Crippen LogP contribution in [-0.4, -0.2) is 55.2 Å². The van der Waals surface area contributed by atoms with E-state index in [2.05, 4.69) is 0 Å². The first-order valence-electron chi connectivity index (χ1n) is 9.13. The highest BCUT2D eigenvalue weighted by Gasteiger charge is 2.25. The molecule has 9 nitrogen and oxygen atoms in total. The van der Waals surface area contributed by atoms with E-state index < -0.39 is 4.92 Å². The van der Waals surface area contributed by atoms with E-state index in [1.54, 1.807) is 4.90 Å². The minimum Gasteiger partial charge on any atom is -0.493 e. The number of carbonyl (C=O) groups excluding carboxylic acids is 1. The van der Waals surface area contributed by atoms with Gasteiger partial charge in [0, 0.05) is 12.6 Å². The Morgan fingerprint density at radius 2 is 2.00 bits per heavy atom. The number of nitro groups is 1. The van der Waals surface area contributed by atoms with Crippen molar-refractivity contribution in [3.63, 3.8) is 0 Å². The summed E-state index contributed by atoms with van der Waals surface area (Å²) in [7, 11) is 1.42. The number of likely N-dealkylation sites (N-methyl/N-ethyl adjacent to an activating group) is 1. The smallest absolute Gasteiger partial charge is 0.273 e. The number of nitro benzene ring substituents is 1. The van der Waals surface area contributed by atoms with Crippen molar-refractivity contribution in [1.82, 2.24) is 4.90 Å². The van der Waals surface area contributed by atoms with Crippen molar-refractivity contribution in [1.29, 1.82) is 0 Å². The topological polar surface area (TPSA) is 100 Å². The van der Waals surface area contributed by atoms with Gasteiger partial charge in [-0.15, -0.1) is 0 Å². The van der Waals surface area contributed by atoms with Gasteiger partial charge in [-0.2, -0.15) is 0 Å². The van der Waals surface area contributed by atoms with Gasteiger partial charge in [-0.1, -0.05) is 12.1 Å². The summed E-state index contributed by atoms with van der Waals surface area (Å²) in [5.74, 6) is 1.50. The van der Waals surface area contributed by atoms with Crippen LogP contribution < -0.4 is 18.9 Å². The quantitative estimate of drug-likeness (QED) is 0.494. The largest absolute Gasteiger partial charge is 0.493 e. The Morgan fingerprint density at radius 3 is 2.69 bits per heavy atom. The standard InChI is InChI=1S/C20H22N2O7/c1-3-21(11-15-12-27-17-6-4-5-7-18(17)29-15)20(23)13-28-19-10-14(22(24)25)8-9-16(19)26-2/h4-10,15H,3,11-13H2,1-2H3/t15-/m0/s1. The van der Waals surface area contributed by atoms with Gasteiger partial charge in [0.2, 0.25) is 0 Å². The lowest BCUT2D eigenvalue weighted by Crippen LogP contribution is -2.45. The molecule has 1 atom stereocenters. The number of benzene rings is 2. The van der Waals surface area contributed by atoms with Crippen LogP contribution in [0.15, 0.2) is 42.5 Å². The molecule has 0 saturated heterocycles. The molecule has 0 unspecified atom stereocenters. The maximum absolute atomic E-state index is 12.6. The van der Waals surface area contributed by atoms with Crippen LogP contribution in [0.3, 0.4) is 0 Å². The Hall–Kier alpha value is -3.49. The molecule has 0 N–H and O–H groups in total. The lowest BCUT2D eigenvalue weighted by Gasteiger charge is -2.30. The number of ether oxygens (including phenoxy) is 4. The summed E-state index contributed by atoms with van der Waals surface area (Å²) in [6.45, 7) is 2.69. The average molecular weight is 402 g/mol. The third kappa shape index (κ3) is 4.87. The summed E-state index contributed by atoms with van der Waals surface area (Å²) in [5.41, 5.74) is -0.146. The third-order valence-electron chi connectivity index (χ3n) is 4.44. The maximum atomic E-state index is 12.6. The van der Waals surface area contributed by atoms with Crippen molar-refractivity contribution < 1.29 is 28.7 Å². The zero-order valence-corrected chi connectivity index (χ0v) is 16.2. The summed E-state index contributed by atoms with van der Waals surface area (Å²) in [6, 6.07) is 11.3. The number of methoxy groups -OCH3 is 1. The fourth-order valence-electron chi connectivity index (χ4n) is 2.93. The molecule has 0 aliphatic carbocycles. The Balaban J connectivity index is 1.61. The molecule has 1 amide bonds. The van der Waals surface area contributed by atoms with Crippen molar-refractivity contribution >= 4 is 11.6 Å². The van der Waals surface area contributed by atoms with Gasteiger partial charge in [-0.25, -0.2) is 0 Å². The molecule has 0 saturated carbocycles. The van der Waals surface area contributed by atoms with Crippen molar-refractivity contribution in [3.8, 4) is 23.0 Å². The molecule has 0 radical (unpaired) electrons. The van der Waals surface area contributed by atoms with Gasteiger partial charge in [-0.3, -0.25) is 14.9 Å². The molecule has 2 aromatic carbocycles. The predicted molar refractivity (Wildman–Crippen MR) is 104 cm³/mol. The molecule has 1 heterocycles. The second-order valence-corrected chi connectivity index (χ2v) is 6.31. The molecule has 154 valence electrons. The molecule has 0 fully saturated rings. The zero-order valence-electron chi connectivity index (χ0n) is 16.2. The summed E-state index contributed by atoms with van der Waals surface area (Å²) >= 11 is 0. The minimum absolute atomic E-state index is 0.136. The van der Waals surface area contributed by atoms with Crippen LogP contribution in [0.4, 0.5) is 5.69 Å². The van der Waals surface area contributed by atoms with E-state index in [9.17, 15) is 14.9 Å². The van der Waals surface area contributed by atoms with Gasteiger partial charge >= 0.3 is 0 Å². The maximum Gasteiger partial charge on any atom is 0.273 e. The van der Waals surface area contributed by atoms with Gasteiger partial charge in [-0.05, 0) is 25.1 Å². The lowest BCUT2D eigenvalue weighted by atomic mass is 10.2. The van der Waals surface area contributed by atoms with Crippen LogP contribution in [0.5, 0.6) is 23.0 Å². The molecule has 9 heteroatoms. The Kier molecular flexibility index (Phi) is 6.38. The Bertz CT molecular complexity index is 887. The molecule has 29 heavy (non-hydrogen) atoms. The first kappa shape index (κ1) is 20.2. The highest BCUT2D eigenvalue weighted by Crippen LogP contribution is 2.32. The van der Waals surface area contributed by atoms with E-state index >= 15 is 0 Å². The number of para-hydroxylation sites is 2. The molecule has 0 bridgehead atoms. The van der Waals surface area contributed by atoms with Gasteiger partial charge in [0.05, 0.1) is 24.6 Å². The van der Waals surface area contributed by atoms with Gasteiger partial charge in [0.25, 0.3) is 11.6 Å². The minimum atomic E-state index is -0.537. The van der Waals surface area contributed by atoms with Crippen LogP contribution in [0.1, 0.15) is 6.92 Å². The van der Waals surface area contributed by atoms with E-state index in [0.29, 0.717) is 36.9 Å². The molecular formula is C20H22N2O7. The average Bonchev–Trinajstić information content (AvgIpc) is 2.75. The lowest BCUT2D eigenvalue weighted by molar-refractivity contribution is -0.385. The summed E-state index contributed by atoms with van der Waals surface area (Å²) in [4.78, 5) is 24.6. The van der Waals surface area contributed by atoms with E-state index in [-0.39, 0.29) is 30.1 Å². The fraction of sp³-hybridized carbons (Fsp3) is 0.350. The number of hydrogen-bond acceptors (Lipinski definition) is 7. The van der Waals surface area contributed by atoms with Gasteiger partial charge < -0.3 is 23.8 Å². The predicted octanol–water partition coefficient (Wildman–Crippen LogP) is 2.67. The monoisotopic (exact) mass is 402 g/mol. The van der Waals surface area contributed by atoms with E-state index in [0.717, 1.165) is 0 Å². The van der Waals surface area contributed by atoms with Gasteiger partial charge in [0.15, 0.2) is 35.7 Å². The zero-order chi connectivity index (χ0) is 20.8. The molecule has 1 aliphatic rings. The number of hydrogen-bond donors (Lipinski definition) is 0. The molecule has 3 rings (SSSR count). The third-order valence-corrected chi connectivity index (χ3v) is 4.44. The summed E-state index contributed by atoms with van der Waals surface area (Å²) in [6.07, 6.45) is -0.304. The molecule has 2 aromatic rings. The van der Waals surface area contributed by atoms with Crippen LogP contribution in [0.2, 0.25) is 0 Å². The first-order valence-corrected chi connectivity index (χ1v) is 9.13. The van der Waals surface area contributed by atoms with Gasteiger partial charge in [0.1, 0.15) is 6.61 Å². The highest BCUT2D eigenvalue weighted by atomic mass is 16.6. The second kappa shape index (κ2) is 9.13.